The van der Waals surface area contributed by atoms with Gasteiger partial charge in [-0.05, 0) is 59.4 Å². The Balaban J connectivity index is 1.92. The zero-order valence-corrected chi connectivity index (χ0v) is 14.5. The quantitative estimate of drug-likeness (QED) is 0.645. The Hall–Kier alpha value is -0.470. The lowest BCUT2D eigenvalue weighted by Crippen LogP contribution is -2.28. The van der Waals surface area contributed by atoms with Crippen molar-refractivity contribution in [1.29, 1.82) is 0 Å². The molecule has 21 heavy (non-hydrogen) atoms. The summed E-state index contributed by atoms with van der Waals surface area (Å²) in [6.45, 7) is 2.06. The summed E-state index contributed by atoms with van der Waals surface area (Å²) in [5.41, 5.74) is 0.922. The number of hydrogen-bond donors (Lipinski definition) is 2. The van der Waals surface area contributed by atoms with Gasteiger partial charge in [0, 0.05) is 24.2 Å². The van der Waals surface area contributed by atoms with Crippen molar-refractivity contribution < 1.29 is 13.2 Å². The van der Waals surface area contributed by atoms with E-state index in [9.17, 15) is 8.42 Å². The Morgan fingerprint density at radius 1 is 1.38 bits per heavy atom. The number of sulfonamides is 1. The highest BCUT2D eigenvalue weighted by Gasteiger charge is 2.21. The van der Waals surface area contributed by atoms with Crippen LogP contribution >= 0.6 is 15.9 Å². The molecule has 2 rings (SSSR count). The van der Waals surface area contributed by atoms with Crippen LogP contribution in [0.25, 0.3) is 0 Å². The number of ether oxygens (including phenoxy) is 1. The van der Waals surface area contributed by atoms with Crippen LogP contribution in [0, 0.1) is 5.92 Å². The van der Waals surface area contributed by atoms with Crippen LogP contribution in [0.2, 0.25) is 0 Å². The molecule has 0 atom stereocenters. The minimum atomic E-state index is -3.52. The lowest BCUT2D eigenvalue weighted by atomic mass is 10.2. The SMILES string of the molecule is CNCc1ccc(Br)c(S(=O)(=O)NCCOCC2CC2)c1. The molecule has 0 amide bonds. The maximum Gasteiger partial charge on any atom is 0.241 e. The van der Waals surface area contributed by atoms with Gasteiger partial charge in [-0.25, -0.2) is 13.1 Å². The Bertz CT molecular complexity index is 574. The van der Waals surface area contributed by atoms with Gasteiger partial charge in [0.2, 0.25) is 10.0 Å². The zero-order valence-electron chi connectivity index (χ0n) is 12.1. The summed E-state index contributed by atoms with van der Waals surface area (Å²) in [6.07, 6.45) is 2.47. The third-order valence-corrected chi connectivity index (χ3v) is 5.71. The second-order valence-corrected chi connectivity index (χ2v) is 7.80. The summed E-state index contributed by atoms with van der Waals surface area (Å²) in [4.78, 5) is 0.262. The Morgan fingerprint density at radius 2 is 2.14 bits per heavy atom. The molecule has 1 aliphatic rings. The van der Waals surface area contributed by atoms with Gasteiger partial charge >= 0.3 is 0 Å². The second kappa shape index (κ2) is 7.69. The molecule has 1 aromatic rings. The monoisotopic (exact) mass is 376 g/mol. The van der Waals surface area contributed by atoms with Crippen LogP contribution in [0.15, 0.2) is 27.6 Å². The topological polar surface area (TPSA) is 67.4 Å². The van der Waals surface area contributed by atoms with Gasteiger partial charge in [-0.15, -0.1) is 0 Å². The highest BCUT2D eigenvalue weighted by molar-refractivity contribution is 9.10. The van der Waals surface area contributed by atoms with E-state index in [1.165, 1.54) is 12.8 Å². The van der Waals surface area contributed by atoms with Gasteiger partial charge in [0.1, 0.15) is 0 Å². The van der Waals surface area contributed by atoms with Crippen LogP contribution < -0.4 is 10.0 Å². The Kier molecular flexibility index (Phi) is 6.19. The van der Waals surface area contributed by atoms with Crippen LogP contribution in [0.5, 0.6) is 0 Å². The molecule has 1 saturated carbocycles. The van der Waals surface area contributed by atoms with Gasteiger partial charge in [-0.3, -0.25) is 0 Å². The summed E-state index contributed by atoms with van der Waals surface area (Å²) >= 11 is 3.30. The predicted molar refractivity (Wildman–Crippen MR) is 85.6 cm³/mol. The van der Waals surface area contributed by atoms with Gasteiger partial charge in [-0.1, -0.05) is 6.07 Å². The molecule has 0 unspecified atom stereocenters. The maximum atomic E-state index is 12.3. The summed E-state index contributed by atoms with van der Waals surface area (Å²) in [6, 6.07) is 5.32. The van der Waals surface area contributed by atoms with E-state index in [1.807, 2.05) is 13.1 Å². The average molecular weight is 377 g/mol. The van der Waals surface area contributed by atoms with Crippen LogP contribution in [0.4, 0.5) is 0 Å². The molecule has 7 heteroatoms. The second-order valence-electron chi connectivity index (χ2n) is 5.21. The van der Waals surface area contributed by atoms with Crippen LogP contribution in [0.1, 0.15) is 18.4 Å². The molecular formula is C14H21BrN2O3S. The van der Waals surface area contributed by atoms with Gasteiger partial charge in [0.25, 0.3) is 0 Å². The summed E-state index contributed by atoms with van der Waals surface area (Å²) in [5, 5.41) is 3.01. The largest absolute Gasteiger partial charge is 0.380 e. The van der Waals surface area contributed by atoms with E-state index in [2.05, 4.69) is 26.0 Å². The first kappa shape index (κ1) is 16.9. The van der Waals surface area contributed by atoms with Gasteiger partial charge < -0.3 is 10.1 Å². The molecule has 0 heterocycles. The van der Waals surface area contributed by atoms with Crippen molar-refractivity contribution in [2.24, 2.45) is 5.92 Å². The molecule has 0 aliphatic heterocycles. The van der Waals surface area contributed by atoms with Crippen molar-refractivity contribution in [1.82, 2.24) is 10.0 Å². The fourth-order valence-electron chi connectivity index (χ4n) is 1.93. The van der Waals surface area contributed by atoms with Gasteiger partial charge in [0.05, 0.1) is 11.5 Å². The van der Waals surface area contributed by atoms with E-state index in [0.717, 1.165) is 12.2 Å². The van der Waals surface area contributed by atoms with Crippen molar-refractivity contribution in [3.63, 3.8) is 0 Å². The molecule has 2 N–H and O–H groups in total. The van der Waals surface area contributed by atoms with E-state index in [-0.39, 0.29) is 11.4 Å². The lowest BCUT2D eigenvalue weighted by Gasteiger charge is -2.10. The molecule has 1 aliphatic carbocycles. The molecule has 0 saturated heterocycles. The lowest BCUT2D eigenvalue weighted by molar-refractivity contribution is 0.129. The van der Waals surface area contributed by atoms with Crippen LogP contribution in [-0.4, -0.2) is 35.2 Å². The Labute approximate surface area is 134 Å². The standard InChI is InChI=1S/C14H21BrN2O3S/c1-16-9-12-4-5-13(15)14(8-12)21(18,19)17-6-7-20-10-11-2-3-11/h4-5,8,11,16-17H,2-3,6-7,9-10H2,1H3. The molecular weight excluding hydrogens is 356 g/mol. The predicted octanol–water partition coefficient (Wildman–Crippen LogP) is 1.87. The van der Waals surface area contributed by atoms with E-state index in [1.54, 1.807) is 12.1 Å². The maximum absolute atomic E-state index is 12.3. The normalized spacial score (nSPS) is 15.3. The van der Waals surface area contributed by atoms with E-state index >= 15 is 0 Å². The van der Waals surface area contributed by atoms with Crippen LogP contribution in [0.3, 0.4) is 0 Å². The summed E-state index contributed by atoms with van der Waals surface area (Å²) < 4.78 is 33.2. The molecule has 0 spiro atoms. The summed E-state index contributed by atoms with van der Waals surface area (Å²) in [7, 11) is -1.70. The molecule has 1 aromatic carbocycles. The van der Waals surface area contributed by atoms with Crippen molar-refractivity contribution in [3.8, 4) is 0 Å². The van der Waals surface area contributed by atoms with E-state index < -0.39 is 10.0 Å². The number of benzene rings is 1. The number of rotatable bonds is 9. The van der Waals surface area contributed by atoms with Crippen molar-refractivity contribution in [3.05, 3.63) is 28.2 Å². The minimum absolute atomic E-state index is 0.262. The van der Waals surface area contributed by atoms with Crippen LogP contribution in [-0.2, 0) is 21.3 Å². The fourth-order valence-corrected chi connectivity index (χ4v) is 3.95. The number of nitrogens with one attached hydrogen (secondary N) is 2. The van der Waals surface area contributed by atoms with E-state index in [4.69, 9.17) is 4.74 Å². The molecule has 0 aromatic heterocycles. The molecule has 5 nitrogen and oxygen atoms in total. The molecule has 0 radical (unpaired) electrons. The highest BCUT2D eigenvalue weighted by Crippen LogP contribution is 2.28. The molecule has 0 bridgehead atoms. The number of halogens is 1. The van der Waals surface area contributed by atoms with Gasteiger partial charge in [0.15, 0.2) is 0 Å². The third kappa shape index (κ3) is 5.34. The van der Waals surface area contributed by atoms with Crippen molar-refractivity contribution in [2.75, 3.05) is 26.8 Å². The summed E-state index contributed by atoms with van der Waals surface area (Å²) in [5.74, 6) is 0.689. The Morgan fingerprint density at radius 3 is 2.81 bits per heavy atom. The highest BCUT2D eigenvalue weighted by atomic mass is 79.9. The van der Waals surface area contributed by atoms with Crippen molar-refractivity contribution >= 4 is 26.0 Å². The smallest absolute Gasteiger partial charge is 0.241 e. The first-order valence-corrected chi connectivity index (χ1v) is 9.31. The molecule has 118 valence electrons. The fraction of sp³-hybridized carbons (Fsp3) is 0.571. The van der Waals surface area contributed by atoms with E-state index in [0.29, 0.717) is 23.5 Å². The molecule has 1 fully saturated rings. The third-order valence-electron chi connectivity index (χ3n) is 3.25. The van der Waals surface area contributed by atoms with Crippen molar-refractivity contribution in [2.45, 2.75) is 24.3 Å². The first-order valence-electron chi connectivity index (χ1n) is 7.03. The first-order chi connectivity index (χ1) is 10.0. The number of hydrogen-bond acceptors (Lipinski definition) is 4. The zero-order chi connectivity index (χ0) is 15.3. The average Bonchev–Trinajstić information content (AvgIpc) is 3.25. The van der Waals surface area contributed by atoms with Gasteiger partial charge in [-0.2, -0.15) is 0 Å². The minimum Gasteiger partial charge on any atom is -0.380 e.